The fourth-order valence-corrected chi connectivity index (χ4v) is 3.77. The highest BCUT2D eigenvalue weighted by Crippen LogP contribution is 2.46. The molecule has 0 amide bonds. The molecular weight excluding hydrogens is 372 g/mol. The Morgan fingerprint density at radius 3 is 2.07 bits per heavy atom. The normalized spacial score (nSPS) is 27.2. The van der Waals surface area contributed by atoms with Crippen LogP contribution >= 0.6 is 0 Å². The van der Waals surface area contributed by atoms with Crippen LogP contribution in [0.2, 0.25) is 0 Å². The fraction of sp³-hybridized carbons (Fsp3) is 0.609. The van der Waals surface area contributed by atoms with Gasteiger partial charge in [-0.15, -0.1) is 0 Å². The van der Waals surface area contributed by atoms with Crippen molar-refractivity contribution in [2.24, 2.45) is 23.7 Å². The van der Waals surface area contributed by atoms with Crippen LogP contribution in [0.3, 0.4) is 0 Å². The highest BCUT2D eigenvalue weighted by atomic mass is 16.5. The first-order valence-corrected chi connectivity index (χ1v) is 10.2. The Labute approximate surface area is 172 Å². The molecular formula is C23H32O6. The number of ketones is 1. The van der Waals surface area contributed by atoms with Gasteiger partial charge in [0.05, 0.1) is 24.7 Å². The number of hydrogen-bond donors (Lipinski definition) is 1. The van der Waals surface area contributed by atoms with Gasteiger partial charge >= 0.3 is 11.9 Å². The van der Waals surface area contributed by atoms with Crippen LogP contribution in [0.15, 0.2) is 30.3 Å². The van der Waals surface area contributed by atoms with Crippen molar-refractivity contribution in [1.29, 1.82) is 0 Å². The Morgan fingerprint density at radius 2 is 1.55 bits per heavy atom. The Bertz CT molecular complexity index is 722. The van der Waals surface area contributed by atoms with Gasteiger partial charge in [-0.3, -0.25) is 14.4 Å². The van der Waals surface area contributed by atoms with E-state index in [0.717, 1.165) is 0 Å². The summed E-state index contributed by atoms with van der Waals surface area (Å²) in [4.78, 5) is 38.8. The predicted molar refractivity (Wildman–Crippen MR) is 108 cm³/mol. The minimum absolute atomic E-state index is 0.114. The van der Waals surface area contributed by atoms with Crippen LogP contribution in [0, 0.1) is 23.7 Å². The molecule has 2 rings (SSSR count). The molecule has 160 valence electrons. The minimum Gasteiger partial charge on any atom is -0.465 e. The summed E-state index contributed by atoms with van der Waals surface area (Å²) in [5, 5.41) is 11.0. The molecule has 0 unspecified atom stereocenters. The molecule has 4 atom stereocenters. The second kappa shape index (κ2) is 9.53. The molecule has 1 fully saturated rings. The van der Waals surface area contributed by atoms with E-state index in [2.05, 4.69) is 0 Å². The van der Waals surface area contributed by atoms with Crippen LogP contribution in [0.25, 0.3) is 0 Å². The Morgan fingerprint density at radius 1 is 1.03 bits per heavy atom. The molecule has 1 aliphatic carbocycles. The summed E-state index contributed by atoms with van der Waals surface area (Å²) in [7, 11) is 0. The molecule has 0 radical (unpaired) electrons. The van der Waals surface area contributed by atoms with Gasteiger partial charge in [-0.05, 0) is 24.3 Å². The zero-order valence-corrected chi connectivity index (χ0v) is 17.9. The quantitative estimate of drug-likeness (QED) is 0.555. The molecule has 0 saturated heterocycles. The number of aliphatic hydroxyl groups is 1. The standard InChI is InChI=1S/C23H32O6/c1-14(2)12-28-21(25)19-17(24)11-23(5,27)20(22(26)29-13-15(3)4)18(19)16-9-7-6-8-10-16/h6-10,14-15,18-20,27H,11-13H2,1-5H3/t18-,19-,20+,23+/m1/s1. The SMILES string of the molecule is CC(C)COC(=O)[C@@H]1C(=O)C[C@](C)(O)[C@H](C(=O)OCC(C)C)[C@@H]1c1ccccc1. The second-order valence-corrected chi connectivity index (χ2v) is 8.94. The first-order valence-electron chi connectivity index (χ1n) is 10.2. The topological polar surface area (TPSA) is 89.9 Å². The maximum absolute atomic E-state index is 13.0. The van der Waals surface area contributed by atoms with Gasteiger partial charge in [-0.1, -0.05) is 58.0 Å². The molecule has 1 saturated carbocycles. The summed E-state index contributed by atoms with van der Waals surface area (Å²) in [5.74, 6) is -4.52. The van der Waals surface area contributed by atoms with E-state index < -0.39 is 41.1 Å². The molecule has 6 nitrogen and oxygen atoms in total. The summed E-state index contributed by atoms with van der Waals surface area (Å²) < 4.78 is 10.8. The van der Waals surface area contributed by atoms with Gasteiger partial charge < -0.3 is 14.6 Å². The zero-order chi connectivity index (χ0) is 21.8. The molecule has 1 aliphatic rings. The summed E-state index contributed by atoms with van der Waals surface area (Å²) in [5.41, 5.74) is -1.00. The first-order chi connectivity index (χ1) is 13.5. The van der Waals surface area contributed by atoms with Gasteiger partial charge in [0, 0.05) is 12.3 Å². The average Bonchev–Trinajstić information content (AvgIpc) is 2.63. The number of Topliss-reactive ketones (excluding diaryl/α,β-unsaturated/α-hetero) is 1. The van der Waals surface area contributed by atoms with Crippen LogP contribution in [0.4, 0.5) is 0 Å². The summed E-state index contributed by atoms with van der Waals surface area (Å²) >= 11 is 0. The van der Waals surface area contributed by atoms with Crippen LogP contribution < -0.4 is 0 Å². The Balaban J connectivity index is 2.47. The van der Waals surface area contributed by atoms with E-state index in [-0.39, 0.29) is 31.5 Å². The molecule has 29 heavy (non-hydrogen) atoms. The van der Waals surface area contributed by atoms with Crippen LogP contribution in [0.1, 0.15) is 52.5 Å². The lowest BCUT2D eigenvalue weighted by molar-refractivity contribution is -0.173. The highest BCUT2D eigenvalue weighted by molar-refractivity contribution is 6.02. The number of benzene rings is 1. The second-order valence-electron chi connectivity index (χ2n) is 8.94. The van der Waals surface area contributed by atoms with Crippen LogP contribution in [-0.2, 0) is 23.9 Å². The van der Waals surface area contributed by atoms with E-state index in [0.29, 0.717) is 5.56 Å². The van der Waals surface area contributed by atoms with E-state index in [9.17, 15) is 19.5 Å². The summed E-state index contributed by atoms with van der Waals surface area (Å²) in [6.45, 7) is 9.47. The molecule has 1 aromatic carbocycles. The highest BCUT2D eigenvalue weighted by Gasteiger charge is 2.57. The third-order valence-corrected chi connectivity index (χ3v) is 5.08. The van der Waals surface area contributed by atoms with Gasteiger partial charge in [0.15, 0.2) is 5.78 Å². The van der Waals surface area contributed by atoms with E-state index in [1.54, 1.807) is 24.3 Å². The van der Waals surface area contributed by atoms with E-state index in [1.807, 2.05) is 33.8 Å². The molecule has 6 heteroatoms. The maximum atomic E-state index is 13.0. The molecule has 0 bridgehead atoms. The largest absolute Gasteiger partial charge is 0.465 e. The van der Waals surface area contributed by atoms with Gasteiger partial charge in [0.2, 0.25) is 0 Å². The van der Waals surface area contributed by atoms with E-state index >= 15 is 0 Å². The van der Waals surface area contributed by atoms with E-state index in [1.165, 1.54) is 6.92 Å². The fourth-order valence-electron chi connectivity index (χ4n) is 3.77. The van der Waals surface area contributed by atoms with Crippen molar-refractivity contribution in [3.8, 4) is 0 Å². The number of ether oxygens (including phenoxy) is 2. The summed E-state index contributed by atoms with van der Waals surface area (Å²) in [6.07, 6.45) is -0.306. The van der Waals surface area contributed by atoms with Crippen LogP contribution in [-0.4, -0.2) is 41.6 Å². The third-order valence-electron chi connectivity index (χ3n) is 5.08. The third kappa shape index (κ3) is 5.66. The van der Waals surface area contributed by atoms with E-state index in [4.69, 9.17) is 9.47 Å². The molecule has 0 aliphatic heterocycles. The summed E-state index contributed by atoms with van der Waals surface area (Å²) in [6, 6.07) is 8.87. The van der Waals surface area contributed by atoms with Crippen molar-refractivity contribution in [1.82, 2.24) is 0 Å². The van der Waals surface area contributed by atoms with Crippen LogP contribution in [0.5, 0.6) is 0 Å². The lowest BCUT2D eigenvalue weighted by Crippen LogP contribution is -2.55. The maximum Gasteiger partial charge on any atom is 0.317 e. The van der Waals surface area contributed by atoms with Gasteiger partial charge in [0.1, 0.15) is 5.92 Å². The minimum atomic E-state index is -1.62. The molecule has 1 N–H and O–H groups in total. The monoisotopic (exact) mass is 404 g/mol. The van der Waals surface area contributed by atoms with Crippen molar-refractivity contribution >= 4 is 17.7 Å². The smallest absolute Gasteiger partial charge is 0.317 e. The first kappa shape index (κ1) is 23.1. The number of esters is 2. The Kier molecular flexibility index (Phi) is 7.58. The zero-order valence-electron chi connectivity index (χ0n) is 17.9. The lowest BCUT2D eigenvalue weighted by Gasteiger charge is -2.43. The number of carbonyl (C=O) groups excluding carboxylic acids is 3. The van der Waals surface area contributed by atoms with Gasteiger partial charge in [-0.25, -0.2) is 0 Å². The van der Waals surface area contributed by atoms with Crippen molar-refractivity contribution in [3.05, 3.63) is 35.9 Å². The Hall–Kier alpha value is -2.21. The molecule has 0 aromatic heterocycles. The van der Waals surface area contributed by atoms with Crippen molar-refractivity contribution in [3.63, 3.8) is 0 Å². The average molecular weight is 405 g/mol. The molecule has 0 heterocycles. The van der Waals surface area contributed by atoms with Crippen molar-refractivity contribution < 1.29 is 29.0 Å². The number of rotatable bonds is 7. The van der Waals surface area contributed by atoms with Crippen molar-refractivity contribution in [2.75, 3.05) is 13.2 Å². The number of carbonyl (C=O) groups is 3. The number of hydrogen-bond acceptors (Lipinski definition) is 6. The van der Waals surface area contributed by atoms with Gasteiger partial charge in [0.25, 0.3) is 0 Å². The van der Waals surface area contributed by atoms with Gasteiger partial charge in [-0.2, -0.15) is 0 Å². The molecule has 0 spiro atoms. The predicted octanol–water partition coefficient (Wildman–Crippen LogP) is 3.12. The lowest BCUT2D eigenvalue weighted by atomic mass is 9.62. The van der Waals surface area contributed by atoms with Crippen molar-refractivity contribution in [2.45, 2.75) is 52.6 Å². The molecule has 1 aromatic rings.